The zero-order valence-corrected chi connectivity index (χ0v) is 13.7. The van der Waals surface area contributed by atoms with E-state index in [1.54, 1.807) is 6.07 Å². The maximum atomic E-state index is 11.0. The number of aliphatic hydroxyl groups is 1. The van der Waals surface area contributed by atoms with E-state index in [4.69, 9.17) is 5.11 Å². The Hall–Kier alpha value is -1.69. The van der Waals surface area contributed by atoms with Crippen LogP contribution in [0.1, 0.15) is 33.1 Å². The fraction of sp³-hybridized carbons (Fsp3) is 0.389. The standard InChI is InChI=1S/C18H21NO3S/c20-11-15-10-19(9-13-8-17(18(21)22)23-12-13)7-6-16(15)14-4-2-1-3-5-14/h1-5,8,12,15-16,20H,6-7,9-11H2,(H,21,22)/t15-,16+/m0/s1. The number of thiophene rings is 1. The number of benzene rings is 1. The highest BCUT2D eigenvalue weighted by molar-refractivity contribution is 7.12. The van der Waals surface area contributed by atoms with Gasteiger partial charge in [-0.05, 0) is 41.5 Å². The number of likely N-dealkylation sites (tertiary alicyclic amines) is 1. The van der Waals surface area contributed by atoms with Crippen molar-refractivity contribution >= 4 is 17.3 Å². The summed E-state index contributed by atoms with van der Waals surface area (Å²) in [6.07, 6.45) is 1.02. The average Bonchev–Trinajstić information content (AvgIpc) is 3.04. The first-order chi connectivity index (χ1) is 11.2. The van der Waals surface area contributed by atoms with E-state index in [9.17, 15) is 9.90 Å². The molecule has 1 saturated heterocycles. The zero-order chi connectivity index (χ0) is 16.2. The van der Waals surface area contributed by atoms with Crippen LogP contribution in [0, 0.1) is 5.92 Å². The monoisotopic (exact) mass is 331 g/mol. The Morgan fingerprint density at radius 1 is 1.30 bits per heavy atom. The number of aromatic carboxylic acids is 1. The molecular weight excluding hydrogens is 310 g/mol. The summed E-state index contributed by atoms with van der Waals surface area (Å²) in [6, 6.07) is 12.2. The van der Waals surface area contributed by atoms with Gasteiger partial charge in [-0.2, -0.15) is 0 Å². The molecule has 1 aliphatic heterocycles. The fourth-order valence-electron chi connectivity index (χ4n) is 3.40. The molecule has 0 radical (unpaired) electrons. The Bertz CT molecular complexity index is 655. The predicted octanol–water partition coefficient (Wildman–Crippen LogP) is 3.04. The van der Waals surface area contributed by atoms with Crippen LogP contribution >= 0.6 is 11.3 Å². The van der Waals surface area contributed by atoms with Crippen molar-refractivity contribution in [1.82, 2.24) is 4.90 Å². The molecule has 0 bridgehead atoms. The van der Waals surface area contributed by atoms with Crippen LogP contribution in [0.2, 0.25) is 0 Å². The number of hydrogen-bond acceptors (Lipinski definition) is 4. The minimum Gasteiger partial charge on any atom is -0.477 e. The second-order valence-electron chi connectivity index (χ2n) is 6.11. The SMILES string of the molecule is O=C(O)c1cc(CN2CC[C@H](c3ccccc3)[C@H](CO)C2)cs1. The van der Waals surface area contributed by atoms with Gasteiger partial charge in [-0.1, -0.05) is 30.3 Å². The van der Waals surface area contributed by atoms with Crippen LogP contribution in [0.25, 0.3) is 0 Å². The molecule has 4 nitrogen and oxygen atoms in total. The highest BCUT2D eigenvalue weighted by atomic mass is 32.1. The Morgan fingerprint density at radius 3 is 2.74 bits per heavy atom. The molecule has 2 heterocycles. The summed E-state index contributed by atoms with van der Waals surface area (Å²) in [7, 11) is 0. The van der Waals surface area contributed by atoms with Gasteiger partial charge in [0.1, 0.15) is 4.88 Å². The van der Waals surface area contributed by atoms with E-state index >= 15 is 0 Å². The van der Waals surface area contributed by atoms with Gasteiger partial charge in [-0.15, -0.1) is 11.3 Å². The molecule has 1 aromatic carbocycles. The minimum atomic E-state index is -0.864. The second-order valence-corrected chi connectivity index (χ2v) is 7.02. The summed E-state index contributed by atoms with van der Waals surface area (Å²) in [4.78, 5) is 13.7. The Morgan fingerprint density at radius 2 is 2.09 bits per heavy atom. The fourth-order valence-corrected chi connectivity index (χ4v) is 4.15. The van der Waals surface area contributed by atoms with E-state index < -0.39 is 5.97 Å². The van der Waals surface area contributed by atoms with Crippen molar-refractivity contribution in [3.8, 4) is 0 Å². The smallest absolute Gasteiger partial charge is 0.345 e. The number of hydrogen-bond donors (Lipinski definition) is 2. The molecule has 1 aliphatic rings. The van der Waals surface area contributed by atoms with Crippen LogP contribution in [0.5, 0.6) is 0 Å². The van der Waals surface area contributed by atoms with E-state index in [1.807, 2.05) is 11.4 Å². The molecule has 3 rings (SSSR count). The maximum absolute atomic E-state index is 11.0. The summed E-state index contributed by atoms with van der Waals surface area (Å²) >= 11 is 1.27. The predicted molar refractivity (Wildman–Crippen MR) is 90.9 cm³/mol. The van der Waals surface area contributed by atoms with Crippen LogP contribution < -0.4 is 0 Å². The number of carboxylic acids is 1. The molecule has 0 aliphatic carbocycles. The van der Waals surface area contributed by atoms with Crippen LogP contribution in [0.3, 0.4) is 0 Å². The third kappa shape index (κ3) is 3.80. The summed E-state index contributed by atoms with van der Waals surface area (Å²) < 4.78 is 0. The quantitative estimate of drug-likeness (QED) is 0.884. The van der Waals surface area contributed by atoms with Gasteiger partial charge < -0.3 is 10.2 Å². The number of rotatable bonds is 5. The highest BCUT2D eigenvalue weighted by Gasteiger charge is 2.29. The van der Waals surface area contributed by atoms with E-state index in [-0.39, 0.29) is 12.5 Å². The number of carbonyl (C=O) groups is 1. The van der Waals surface area contributed by atoms with Crippen LogP contribution in [0.4, 0.5) is 0 Å². The molecule has 2 aromatic rings. The van der Waals surface area contributed by atoms with Gasteiger partial charge in [0.25, 0.3) is 0 Å². The van der Waals surface area contributed by atoms with Gasteiger partial charge in [0, 0.05) is 25.6 Å². The zero-order valence-electron chi connectivity index (χ0n) is 12.9. The molecule has 5 heteroatoms. The number of piperidine rings is 1. The first kappa shape index (κ1) is 16.2. The molecule has 2 N–H and O–H groups in total. The van der Waals surface area contributed by atoms with Crippen molar-refractivity contribution in [2.45, 2.75) is 18.9 Å². The van der Waals surface area contributed by atoms with Gasteiger partial charge in [0.15, 0.2) is 0 Å². The summed E-state index contributed by atoms with van der Waals surface area (Å²) in [5, 5.41) is 20.7. The molecule has 122 valence electrons. The molecule has 0 amide bonds. The van der Waals surface area contributed by atoms with Crippen LogP contribution in [-0.4, -0.2) is 40.8 Å². The van der Waals surface area contributed by atoms with Crippen LogP contribution in [0.15, 0.2) is 41.8 Å². The van der Waals surface area contributed by atoms with E-state index in [0.717, 1.165) is 31.6 Å². The van der Waals surface area contributed by atoms with Crippen molar-refractivity contribution in [3.05, 3.63) is 57.8 Å². The van der Waals surface area contributed by atoms with Gasteiger partial charge in [0.05, 0.1) is 0 Å². The van der Waals surface area contributed by atoms with E-state index in [2.05, 4.69) is 29.2 Å². The average molecular weight is 331 g/mol. The summed E-state index contributed by atoms with van der Waals surface area (Å²) in [5.74, 6) is -0.240. The molecule has 0 saturated carbocycles. The number of nitrogens with zero attached hydrogens (tertiary/aromatic N) is 1. The topological polar surface area (TPSA) is 60.8 Å². The van der Waals surface area contributed by atoms with Crippen molar-refractivity contribution in [1.29, 1.82) is 0 Å². The third-order valence-corrected chi connectivity index (χ3v) is 5.52. The first-order valence-corrected chi connectivity index (χ1v) is 8.74. The normalized spacial score (nSPS) is 22.1. The van der Waals surface area contributed by atoms with Crippen LogP contribution in [-0.2, 0) is 6.54 Å². The van der Waals surface area contributed by atoms with E-state index in [1.165, 1.54) is 16.9 Å². The molecule has 0 unspecified atom stereocenters. The van der Waals surface area contributed by atoms with Gasteiger partial charge in [-0.25, -0.2) is 4.79 Å². The molecule has 23 heavy (non-hydrogen) atoms. The van der Waals surface area contributed by atoms with Crippen molar-refractivity contribution < 1.29 is 15.0 Å². The van der Waals surface area contributed by atoms with E-state index in [0.29, 0.717) is 10.8 Å². The Kier molecular flexibility index (Phi) is 5.10. The third-order valence-electron chi connectivity index (χ3n) is 4.55. The lowest BCUT2D eigenvalue weighted by Crippen LogP contribution is -2.40. The molecule has 2 atom stereocenters. The lowest BCUT2D eigenvalue weighted by Gasteiger charge is -2.38. The van der Waals surface area contributed by atoms with Gasteiger partial charge in [0.2, 0.25) is 0 Å². The number of carboxylic acid groups (broad SMARTS) is 1. The second kappa shape index (κ2) is 7.25. The molecular formula is C18H21NO3S. The Labute approximate surface area is 140 Å². The summed E-state index contributed by atoms with van der Waals surface area (Å²) in [5.41, 5.74) is 2.34. The van der Waals surface area contributed by atoms with Crippen molar-refractivity contribution in [2.75, 3.05) is 19.7 Å². The van der Waals surface area contributed by atoms with Crippen molar-refractivity contribution in [3.63, 3.8) is 0 Å². The van der Waals surface area contributed by atoms with Gasteiger partial charge in [-0.3, -0.25) is 4.90 Å². The molecule has 0 spiro atoms. The molecule has 1 aromatic heterocycles. The highest BCUT2D eigenvalue weighted by Crippen LogP contribution is 2.33. The first-order valence-electron chi connectivity index (χ1n) is 7.86. The van der Waals surface area contributed by atoms with Crippen molar-refractivity contribution in [2.24, 2.45) is 5.92 Å². The summed E-state index contributed by atoms with van der Waals surface area (Å²) in [6.45, 7) is 2.74. The van der Waals surface area contributed by atoms with Gasteiger partial charge >= 0.3 is 5.97 Å². The largest absolute Gasteiger partial charge is 0.477 e. The maximum Gasteiger partial charge on any atom is 0.345 e. The lowest BCUT2D eigenvalue weighted by molar-refractivity contribution is 0.0702. The Balaban J connectivity index is 1.65. The molecule has 1 fully saturated rings. The minimum absolute atomic E-state index is 0.181. The number of aliphatic hydroxyl groups excluding tert-OH is 1. The lowest BCUT2D eigenvalue weighted by atomic mass is 9.81.